The van der Waals surface area contributed by atoms with Gasteiger partial charge in [0.15, 0.2) is 11.3 Å². The van der Waals surface area contributed by atoms with Crippen LogP contribution < -0.4 is 11.2 Å². The minimum absolute atomic E-state index is 0.343. The second kappa shape index (κ2) is 10.7. The number of rotatable bonds is 13. The molecule has 0 bridgehead atoms. The van der Waals surface area contributed by atoms with Crippen LogP contribution >= 0.6 is 23.5 Å². The maximum absolute atomic E-state index is 14.1. The number of aromatic nitrogens is 2. The van der Waals surface area contributed by atoms with E-state index in [4.69, 9.17) is 14.5 Å². The lowest BCUT2D eigenvalue weighted by Crippen LogP contribution is -2.64. The molecule has 0 amide bonds. The Bertz CT molecular complexity index is 1160. The van der Waals surface area contributed by atoms with Crippen molar-refractivity contribution in [2.24, 2.45) is 0 Å². The molecule has 21 heteroatoms. The van der Waals surface area contributed by atoms with Crippen LogP contribution in [0.2, 0.25) is 0 Å². The summed E-state index contributed by atoms with van der Waals surface area (Å²) >= 11 is 0. The van der Waals surface area contributed by atoms with Crippen molar-refractivity contribution < 1.29 is 65.8 Å². The number of phosphoric acid groups is 3. The first kappa shape index (κ1) is 30.7. The van der Waals surface area contributed by atoms with E-state index in [1.807, 2.05) is 0 Å². The number of hydrogen-bond acceptors (Lipinski definition) is 11. The molecule has 0 radical (unpaired) electrons. The Hall–Kier alpha value is -1.36. The number of nitrogens with zero attached hydrogens (tertiary/aromatic N) is 1. The van der Waals surface area contributed by atoms with E-state index in [-0.39, 0.29) is 0 Å². The van der Waals surface area contributed by atoms with Gasteiger partial charge in [0.2, 0.25) is 0 Å². The number of hydrogen-bond donors (Lipinski definition) is 7. The van der Waals surface area contributed by atoms with Crippen molar-refractivity contribution in [3.8, 4) is 0 Å². The fraction of sp³-hybridized carbons (Fsp3) is 0.538. The van der Waals surface area contributed by atoms with Crippen LogP contribution in [-0.4, -0.2) is 71.4 Å². The smallest absolute Gasteiger partial charge is 0.384 e. The second-order valence-corrected chi connectivity index (χ2v) is 11.1. The van der Waals surface area contributed by atoms with Crippen LogP contribution in [0.1, 0.15) is 6.92 Å². The summed E-state index contributed by atoms with van der Waals surface area (Å²) in [5, 5.41) is 21.9. The van der Waals surface area contributed by atoms with Gasteiger partial charge in [-0.3, -0.25) is 18.9 Å². The number of ether oxygens (including phenoxy) is 1. The fourth-order valence-electron chi connectivity index (χ4n) is 2.53. The normalized spacial score (nSPS) is 20.4. The highest BCUT2D eigenvalue weighted by Crippen LogP contribution is 2.66. The molecule has 0 saturated carbocycles. The summed E-state index contributed by atoms with van der Waals surface area (Å²) in [6, 6.07) is 0.762. The summed E-state index contributed by atoms with van der Waals surface area (Å²) in [4.78, 5) is 61.1. The number of methoxy groups -OCH3 is 1. The minimum Gasteiger partial charge on any atom is -0.384 e. The standard InChI is InChI=1S/C13H22FN2O15P3/c1-8(2)13(20,16-5-4-9(17)15-11(16)19)10(18)12(6-14,28-3)7-29-33(24,25)31-34(26,27)30-32(21,22)23/h4-5,10,18,20H,1,6-7H2,2-3H3,(H,24,25)(H,26,27)(H,15,17,19)(H2,21,22,23)/t10-,12?,13-/m1/s1. The van der Waals surface area contributed by atoms with Crippen LogP contribution in [0.5, 0.6) is 0 Å². The lowest BCUT2D eigenvalue weighted by atomic mass is 9.86. The van der Waals surface area contributed by atoms with Crippen molar-refractivity contribution in [3.63, 3.8) is 0 Å². The highest BCUT2D eigenvalue weighted by atomic mass is 31.3. The van der Waals surface area contributed by atoms with E-state index in [2.05, 4.69) is 19.7 Å². The Labute approximate surface area is 189 Å². The molecule has 0 aliphatic rings. The van der Waals surface area contributed by atoms with E-state index in [0.717, 1.165) is 26.3 Å². The molecule has 34 heavy (non-hydrogen) atoms. The number of H-pyrrole nitrogens is 1. The number of nitrogens with one attached hydrogen (secondary N) is 1. The average Bonchev–Trinajstić information content (AvgIpc) is 2.65. The summed E-state index contributed by atoms with van der Waals surface area (Å²) in [7, 11) is -16.6. The van der Waals surface area contributed by atoms with E-state index >= 15 is 0 Å². The molecule has 1 heterocycles. The Morgan fingerprint density at radius 1 is 1.21 bits per heavy atom. The molecular weight excluding hydrogens is 536 g/mol. The van der Waals surface area contributed by atoms with Crippen LogP contribution in [0.3, 0.4) is 0 Å². The van der Waals surface area contributed by atoms with E-state index in [0.29, 0.717) is 4.57 Å². The first-order valence-corrected chi connectivity index (χ1v) is 13.1. The Morgan fingerprint density at radius 2 is 1.76 bits per heavy atom. The molecule has 17 nitrogen and oxygen atoms in total. The van der Waals surface area contributed by atoms with Crippen LogP contribution in [0.15, 0.2) is 34.0 Å². The van der Waals surface area contributed by atoms with Gasteiger partial charge in [0.05, 0.1) is 6.61 Å². The van der Waals surface area contributed by atoms with Crippen molar-refractivity contribution in [1.82, 2.24) is 9.55 Å². The first-order valence-electron chi connectivity index (χ1n) is 8.53. The molecule has 0 aromatic carbocycles. The van der Waals surface area contributed by atoms with Gasteiger partial charge in [-0.2, -0.15) is 8.62 Å². The second-order valence-electron chi connectivity index (χ2n) is 6.66. The van der Waals surface area contributed by atoms with Gasteiger partial charge in [0.25, 0.3) is 5.56 Å². The SMILES string of the molecule is C=C(C)[C@@](O)([C@H](O)C(CF)(COP(=O)(O)OP(=O)(O)OP(=O)(O)O)OC)n1ccc(=O)[nH]c1=O. The first-order chi connectivity index (χ1) is 15.3. The van der Waals surface area contributed by atoms with Gasteiger partial charge in [-0.05, 0) is 12.5 Å². The lowest BCUT2D eigenvalue weighted by Gasteiger charge is -2.43. The lowest BCUT2D eigenvalue weighted by molar-refractivity contribution is -0.219. The number of aliphatic hydroxyl groups is 2. The predicted octanol–water partition coefficient (Wildman–Crippen LogP) is -1.18. The molecule has 7 N–H and O–H groups in total. The van der Waals surface area contributed by atoms with Gasteiger partial charge < -0.3 is 34.5 Å². The maximum Gasteiger partial charge on any atom is 0.490 e. The summed E-state index contributed by atoms with van der Waals surface area (Å²) in [6.45, 7) is 1.15. The molecule has 5 atom stereocenters. The number of alkyl halides is 1. The van der Waals surface area contributed by atoms with Crippen LogP contribution in [-0.2, 0) is 37.3 Å². The topological polar surface area (TPSA) is 264 Å². The highest BCUT2D eigenvalue weighted by molar-refractivity contribution is 7.66. The maximum atomic E-state index is 14.1. The zero-order chi connectivity index (χ0) is 26.8. The van der Waals surface area contributed by atoms with E-state index in [9.17, 15) is 47.7 Å². The predicted molar refractivity (Wildman–Crippen MR) is 108 cm³/mol. The number of phosphoric ester groups is 1. The van der Waals surface area contributed by atoms with Crippen LogP contribution in [0, 0.1) is 0 Å². The molecule has 0 aliphatic carbocycles. The zero-order valence-electron chi connectivity index (χ0n) is 17.4. The van der Waals surface area contributed by atoms with E-state index in [1.165, 1.54) is 0 Å². The number of aromatic amines is 1. The Balaban J connectivity index is 3.37. The van der Waals surface area contributed by atoms with Gasteiger partial charge in [-0.15, -0.1) is 0 Å². The van der Waals surface area contributed by atoms with Crippen LogP contribution in [0.25, 0.3) is 0 Å². The minimum atomic E-state index is -5.91. The molecule has 1 aromatic rings. The highest BCUT2D eigenvalue weighted by Gasteiger charge is 2.54. The van der Waals surface area contributed by atoms with Crippen molar-refractivity contribution in [2.45, 2.75) is 24.4 Å². The zero-order valence-corrected chi connectivity index (χ0v) is 20.1. The third kappa shape index (κ3) is 7.32. The molecule has 0 saturated heterocycles. The quantitative estimate of drug-likeness (QED) is 0.111. The van der Waals surface area contributed by atoms with Gasteiger partial charge >= 0.3 is 29.2 Å². The number of halogens is 1. The summed E-state index contributed by atoms with van der Waals surface area (Å²) in [5.74, 6) is 0. The average molecular weight is 558 g/mol. The molecule has 1 aromatic heterocycles. The Morgan fingerprint density at radius 3 is 2.18 bits per heavy atom. The molecule has 0 fully saturated rings. The third-order valence-electron chi connectivity index (χ3n) is 4.22. The van der Waals surface area contributed by atoms with E-state index < -0.39 is 71.0 Å². The Kier molecular flexibility index (Phi) is 9.67. The van der Waals surface area contributed by atoms with Crippen LogP contribution in [0.4, 0.5) is 4.39 Å². The van der Waals surface area contributed by atoms with Gasteiger partial charge in [0, 0.05) is 19.4 Å². The molecule has 0 spiro atoms. The summed E-state index contributed by atoms with van der Waals surface area (Å²) in [6.07, 6.45) is -1.86. The molecule has 0 aliphatic heterocycles. The van der Waals surface area contributed by atoms with Gasteiger partial charge in [-0.25, -0.2) is 22.9 Å². The van der Waals surface area contributed by atoms with E-state index in [1.54, 1.807) is 4.98 Å². The monoisotopic (exact) mass is 558 g/mol. The van der Waals surface area contributed by atoms with Crippen molar-refractivity contribution >= 4 is 23.5 Å². The van der Waals surface area contributed by atoms with Gasteiger partial charge in [0.1, 0.15) is 12.8 Å². The number of aliphatic hydroxyl groups excluding tert-OH is 1. The summed E-state index contributed by atoms with van der Waals surface area (Å²) in [5.41, 5.74) is -8.33. The third-order valence-corrected chi connectivity index (χ3v) is 8.00. The van der Waals surface area contributed by atoms with Crippen molar-refractivity contribution in [2.75, 3.05) is 20.4 Å². The largest absolute Gasteiger partial charge is 0.490 e. The summed E-state index contributed by atoms with van der Waals surface area (Å²) < 4.78 is 64.7. The molecule has 196 valence electrons. The molecule has 3 unspecified atom stereocenters. The van der Waals surface area contributed by atoms with Crippen molar-refractivity contribution in [1.29, 1.82) is 0 Å². The fourth-order valence-corrected chi connectivity index (χ4v) is 5.61. The van der Waals surface area contributed by atoms with Crippen molar-refractivity contribution in [3.05, 3.63) is 45.3 Å². The van der Waals surface area contributed by atoms with Gasteiger partial charge in [-0.1, -0.05) is 6.58 Å². The molecule has 1 rings (SSSR count). The molecular formula is C13H22FN2O15P3.